The van der Waals surface area contributed by atoms with E-state index in [9.17, 15) is 4.39 Å². The smallest absolute Gasteiger partial charge is 0.123 e. The molecule has 0 aliphatic rings. The van der Waals surface area contributed by atoms with Crippen LogP contribution in [0.4, 0.5) is 4.39 Å². The predicted octanol–water partition coefficient (Wildman–Crippen LogP) is 4.73. The maximum Gasteiger partial charge on any atom is 0.123 e. The van der Waals surface area contributed by atoms with Gasteiger partial charge in [-0.15, -0.1) is 0 Å². The monoisotopic (exact) mass is 285 g/mol. The van der Waals surface area contributed by atoms with Crippen molar-refractivity contribution in [1.29, 1.82) is 0 Å². The van der Waals surface area contributed by atoms with Crippen molar-refractivity contribution in [3.63, 3.8) is 0 Å². The Labute approximate surface area is 127 Å². The van der Waals surface area contributed by atoms with Gasteiger partial charge in [-0.2, -0.15) is 0 Å². The van der Waals surface area contributed by atoms with Crippen LogP contribution in [0.25, 0.3) is 0 Å². The molecule has 0 heterocycles. The van der Waals surface area contributed by atoms with Gasteiger partial charge in [0.05, 0.1) is 0 Å². The molecule has 0 radical (unpaired) electrons. The fourth-order valence-electron chi connectivity index (χ4n) is 2.65. The molecule has 0 amide bonds. The molecular formula is C19H24FN. The Morgan fingerprint density at radius 2 is 1.86 bits per heavy atom. The van der Waals surface area contributed by atoms with Gasteiger partial charge in [-0.3, -0.25) is 0 Å². The standard InChI is InChI=1S/C19H24FN/c1-4-9-21-19(13-16-8-6-5-7-15(16)3)17-10-14(2)11-18(20)12-17/h5-8,10-12,19,21H,4,9,13H2,1-3H3. The molecule has 0 aliphatic carbocycles. The van der Waals surface area contributed by atoms with Crippen molar-refractivity contribution in [2.24, 2.45) is 0 Å². The van der Waals surface area contributed by atoms with E-state index in [1.807, 2.05) is 6.92 Å². The van der Waals surface area contributed by atoms with Crippen molar-refractivity contribution in [1.82, 2.24) is 5.32 Å². The minimum absolute atomic E-state index is 0.153. The molecule has 2 aromatic carbocycles. The summed E-state index contributed by atoms with van der Waals surface area (Å²) in [5.74, 6) is -0.155. The number of halogens is 1. The van der Waals surface area contributed by atoms with Gasteiger partial charge < -0.3 is 5.32 Å². The van der Waals surface area contributed by atoms with Gasteiger partial charge in [-0.05, 0) is 67.6 Å². The molecule has 1 atom stereocenters. The molecule has 0 saturated carbocycles. The summed E-state index contributed by atoms with van der Waals surface area (Å²) in [5.41, 5.74) is 4.60. The molecule has 1 N–H and O–H groups in total. The maximum absolute atomic E-state index is 13.7. The summed E-state index contributed by atoms with van der Waals surface area (Å²) in [4.78, 5) is 0. The van der Waals surface area contributed by atoms with E-state index in [-0.39, 0.29) is 11.9 Å². The van der Waals surface area contributed by atoms with Gasteiger partial charge >= 0.3 is 0 Å². The molecule has 0 aliphatic heterocycles. The molecule has 0 saturated heterocycles. The van der Waals surface area contributed by atoms with E-state index in [0.29, 0.717) is 0 Å². The van der Waals surface area contributed by atoms with Crippen molar-refractivity contribution < 1.29 is 4.39 Å². The highest BCUT2D eigenvalue weighted by Crippen LogP contribution is 2.22. The molecular weight excluding hydrogens is 261 g/mol. The first-order valence-corrected chi connectivity index (χ1v) is 7.65. The van der Waals surface area contributed by atoms with Crippen LogP contribution < -0.4 is 5.32 Å². The zero-order valence-corrected chi connectivity index (χ0v) is 13.1. The summed E-state index contributed by atoms with van der Waals surface area (Å²) in [7, 11) is 0. The highest BCUT2D eigenvalue weighted by molar-refractivity contribution is 5.31. The van der Waals surface area contributed by atoms with Crippen LogP contribution in [0.1, 0.15) is 41.6 Å². The van der Waals surface area contributed by atoms with E-state index >= 15 is 0 Å². The summed E-state index contributed by atoms with van der Waals surface area (Å²) >= 11 is 0. The predicted molar refractivity (Wildman–Crippen MR) is 87.1 cm³/mol. The minimum Gasteiger partial charge on any atom is -0.310 e. The quantitative estimate of drug-likeness (QED) is 0.809. The lowest BCUT2D eigenvalue weighted by Gasteiger charge is -2.21. The Kier molecular flexibility index (Phi) is 5.51. The third-order valence-corrected chi connectivity index (χ3v) is 3.79. The van der Waals surface area contributed by atoms with E-state index in [2.05, 4.69) is 49.5 Å². The highest BCUT2D eigenvalue weighted by atomic mass is 19.1. The zero-order chi connectivity index (χ0) is 15.2. The SMILES string of the molecule is CCCNC(Cc1ccccc1C)c1cc(C)cc(F)c1. The molecule has 0 bridgehead atoms. The molecule has 2 heteroatoms. The van der Waals surface area contributed by atoms with Crippen LogP contribution >= 0.6 is 0 Å². The van der Waals surface area contributed by atoms with Gasteiger partial charge in [0.15, 0.2) is 0 Å². The van der Waals surface area contributed by atoms with Gasteiger partial charge in [-0.1, -0.05) is 37.3 Å². The van der Waals surface area contributed by atoms with Crippen LogP contribution in [0.3, 0.4) is 0 Å². The molecule has 2 aromatic rings. The summed E-state index contributed by atoms with van der Waals surface area (Å²) in [5, 5.41) is 3.55. The normalized spacial score (nSPS) is 12.4. The van der Waals surface area contributed by atoms with Gasteiger partial charge in [0.2, 0.25) is 0 Å². The van der Waals surface area contributed by atoms with Crippen LogP contribution in [0.15, 0.2) is 42.5 Å². The van der Waals surface area contributed by atoms with Crippen LogP contribution in [-0.2, 0) is 6.42 Å². The van der Waals surface area contributed by atoms with Gasteiger partial charge in [-0.25, -0.2) is 4.39 Å². The van der Waals surface area contributed by atoms with E-state index < -0.39 is 0 Å². The van der Waals surface area contributed by atoms with Crippen LogP contribution in [0.5, 0.6) is 0 Å². The molecule has 0 fully saturated rings. The lowest BCUT2D eigenvalue weighted by Crippen LogP contribution is -2.24. The molecule has 2 rings (SSSR count). The highest BCUT2D eigenvalue weighted by Gasteiger charge is 2.14. The first-order chi connectivity index (χ1) is 10.1. The number of hydrogen-bond acceptors (Lipinski definition) is 1. The van der Waals surface area contributed by atoms with E-state index in [1.165, 1.54) is 11.1 Å². The summed E-state index contributed by atoms with van der Waals surface area (Å²) in [6.45, 7) is 7.15. The molecule has 1 nitrogen and oxygen atoms in total. The van der Waals surface area contributed by atoms with Crippen molar-refractivity contribution in [3.8, 4) is 0 Å². The summed E-state index contributed by atoms with van der Waals surface area (Å²) < 4.78 is 13.7. The third-order valence-electron chi connectivity index (χ3n) is 3.79. The zero-order valence-electron chi connectivity index (χ0n) is 13.1. The molecule has 112 valence electrons. The van der Waals surface area contributed by atoms with Gasteiger partial charge in [0, 0.05) is 6.04 Å². The van der Waals surface area contributed by atoms with Crippen molar-refractivity contribution in [3.05, 3.63) is 70.5 Å². The van der Waals surface area contributed by atoms with E-state index in [4.69, 9.17) is 0 Å². The Hall–Kier alpha value is -1.67. The first kappa shape index (κ1) is 15.7. The number of benzene rings is 2. The van der Waals surface area contributed by atoms with E-state index in [1.54, 1.807) is 12.1 Å². The second-order valence-corrected chi connectivity index (χ2v) is 5.70. The van der Waals surface area contributed by atoms with Crippen LogP contribution in [0.2, 0.25) is 0 Å². The van der Waals surface area contributed by atoms with Gasteiger partial charge in [0.25, 0.3) is 0 Å². The fraction of sp³-hybridized carbons (Fsp3) is 0.368. The number of aryl methyl sites for hydroxylation is 2. The van der Waals surface area contributed by atoms with Crippen LogP contribution in [0, 0.1) is 19.7 Å². The largest absolute Gasteiger partial charge is 0.310 e. The summed E-state index contributed by atoms with van der Waals surface area (Å²) in [6.07, 6.45) is 1.95. The molecule has 1 unspecified atom stereocenters. The van der Waals surface area contributed by atoms with Crippen molar-refractivity contribution in [2.45, 2.75) is 39.7 Å². The van der Waals surface area contributed by atoms with Crippen molar-refractivity contribution in [2.75, 3.05) is 6.54 Å². The average Bonchev–Trinajstić information content (AvgIpc) is 2.44. The molecule has 0 aromatic heterocycles. The number of hydrogen-bond donors (Lipinski definition) is 1. The summed E-state index contributed by atoms with van der Waals surface area (Å²) in [6, 6.07) is 13.9. The third kappa shape index (κ3) is 4.40. The Balaban J connectivity index is 2.27. The topological polar surface area (TPSA) is 12.0 Å². The first-order valence-electron chi connectivity index (χ1n) is 7.65. The van der Waals surface area contributed by atoms with E-state index in [0.717, 1.165) is 30.5 Å². The molecule has 21 heavy (non-hydrogen) atoms. The van der Waals surface area contributed by atoms with Crippen molar-refractivity contribution >= 4 is 0 Å². The van der Waals surface area contributed by atoms with Crippen LogP contribution in [-0.4, -0.2) is 6.54 Å². The average molecular weight is 285 g/mol. The number of nitrogens with one attached hydrogen (secondary N) is 1. The lowest BCUT2D eigenvalue weighted by atomic mass is 9.95. The minimum atomic E-state index is -0.155. The maximum atomic E-state index is 13.7. The number of rotatable bonds is 6. The Morgan fingerprint density at radius 3 is 2.52 bits per heavy atom. The Morgan fingerprint density at radius 1 is 1.10 bits per heavy atom. The Bertz CT molecular complexity index is 572. The fourth-order valence-corrected chi connectivity index (χ4v) is 2.65. The molecule has 0 spiro atoms. The second-order valence-electron chi connectivity index (χ2n) is 5.70. The lowest BCUT2D eigenvalue weighted by molar-refractivity contribution is 0.523. The van der Waals surface area contributed by atoms with Gasteiger partial charge in [0.1, 0.15) is 5.82 Å². The second kappa shape index (κ2) is 7.37.